The van der Waals surface area contributed by atoms with Crippen LogP contribution in [0.2, 0.25) is 0 Å². The van der Waals surface area contributed by atoms with E-state index in [1.54, 1.807) is 0 Å². The predicted octanol–water partition coefficient (Wildman–Crippen LogP) is 3.79. The molecular weight excluding hydrogens is 212 g/mol. The average molecular weight is 230 g/mol. The van der Waals surface area contributed by atoms with Crippen molar-refractivity contribution in [3.05, 3.63) is 45.3 Å². The number of aryl methyl sites for hydroxylation is 2. The molecule has 0 aliphatic heterocycles. The molecule has 2 heteroatoms. The first kappa shape index (κ1) is 11.9. The minimum Gasteiger partial charge on any atom is -0.422 e. The molecule has 0 bridgehead atoms. The van der Waals surface area contributed by atoms with Crippen LogP contribution in [0.5, 0.6) is 0 Å². The summed E-state index contributed by atoms with van der Waals surface area (Å²) in [5.41, 5.74) is 3.54. The Labute approximate surface area is 101 Å². The molecule has 1 aromatic heterocycles. The van der Waals surface area contributed by atoms with E-state index < -0.39 is 0 Å². The fourth-order valence-electron chi connectivity index (χ4n) is 2.15. The molecule has 0 atom stereocenters. The largest absolute Gasteiger partial charge is 0.422 e. The summed E-state index contributed by atoms with van der Waals surface area (Å²) in [7, 11) is 0. The van der Waals surface area contributed by atoms with Crippen LogP contribution in [-0.4, -0.2) is 0 Å². The Bertz CT molecular complexity index is 606. The van der Waals surface area contributed by atoms with E-state index in [1.165, 1.54) is 5.56 Å². The Morgan fingerprint density at radius 3 is 2.59 bits per heavy atom. The normalized spacial score (nSPS) is 11.4. The SMILES string of the molecule is CCc1cc2c(C(C)C)ccc(C)c2oc1=O. The molecule has 0 aliphatic rings. The molecule has 0 aliphatic carbocycles. The molecule has 0 radical (unpaired) electrons. The van der Waals surface area contributed by atoms with Gasteiger partial charge in [-0.3, -0.25) is 0 Å². The molecule has 17 heavy (non-hydrogen) atoms. The lowest BCUT2D eigenvalue weighted by molar-refractivity contribution is 0.548. The maximum atomic E-state index is 11.7. The fourth-order valence-corrected chi connectivity index (χ4v) is 2.15. The van der Waals surface area contributed by atoms with Crippen LogP contribution in [0.25, 0.3) is 11.0 Å². The van der Waals surface area contributed by atoms with E-state index in [-0.39, 0.29) is 5.63 Å². The molecule has 1 aromatic carbocycles. The minimum atomic E-state index is -0.205. The van der Waals surface area contributed by atoms with Crippen LogP contribution < -0.4 is 5.63 Å². The topological polar surface area (TPSA) is 30.2 Å². The average Bonchev–Trinajstić information content (AvgIpc) is 2.29. The highest BCUT2D eigenvalue weighted by molar-refractivity contribution is 5.84. The predicted molar refractivity (Wildman–Crippen MR) is 70.7 cm³/mol. The van der Waals surface area contributed by atoms with Gasteiger partial charge in [0.05, 0.1) is 0 Å². The second-order valence-electron chi connectivity index (χ2n) is 4.78. The van der Waals surface area contributed by atoms with Crippen LogP contribution in [-0.2, 0) is 6.42 Å². The summed E-state index contributed by atoms with van der Waals surface area (Å²) < 4.78 is 5.45. The van der Waals surface area contributed by atoms with Crippen molar-refractivity contribution in [3.8, 4) is 0 Å². The van der Waals surface area contributed by atoms with Crippen molar-refractivity contribution in [2.75, 3.05) is 0 Å². The second-order valence-corrected chi connectivity index (χ2v) is 4.78. The van der Waals surface area contributed by atoms with Crippen LogP contribution in [0.15, 0.2) is 27.4 Å². The summed E-state index contributed by atoms with van der Waals surface area (Å²) in [5, 5.41) is 1.08. The van der Waals surface area contributed by atoms with Crippen molar-refractivity contribution in [1.82, 2.24) is 0 Å². The van der Waals surface area contributed by atoms with E-state index in [4.69, 9.17) is 4.42 Å². The van der Waals surface area contributed by atoms with Crippen LogP contribution >= 0.6 is 0 Å². The summed E-state index contributed by atoms with van der Waals surface area (Å²) >= 11 is 0. The Hall–Kier alpha value is -1.57. The van der Waals surface area contributed by atoms with E-state index in [1.807, 2.05) is 26.0 Å². The maximum Gasteiger partial charge on any atom is 0.339 e. The highest BCUT2D eigenvalue weighted by Crippen LogP contribution is 2.27. The number of fused-ring (bicyclic) bond motifs is 1. The van der Waals surface area contributed by atoms with Gasteiger partial charge >= 0.3 is 5.63 Å². The molecule has 2 nitrogen and oxygen atoms in total. The molecule has 1 heterocycles. The third kappa shape index (κ3) is 1.99. The van der Waals surface area contributed by atoms with Gasteiger partial charge in [-0.05, 0) is 36.5 Å². The zero-order chi connectivity index (χ0) is 12.6. The van der Waals surface area contributed by atoms with Crippen LogP contribution in [0.4, 0.5) is 0 Å². The molecule has 0 spiro atoms. The Kier molecular flexibility index (Phi) is 3.05. The molecule has 0 unspecified atom stereocenters. The van der Waals surface area contributed by atoms with Gasteiger partial charge in [-0.1, -0.05) is 32.9 Å². The van der Waals surface area contributed by atoms with Gasteiger partial charge in [-0.15, -0.1) is 0 Å². The van der Waals surface area contributed by atoms with Crippen molar-refractivity contribution in [3.63, 3.8) is 0 Å². The molecule has 2 rings (SSSR count). The lowest BCUT2D eigenvalue weighted by Crippen LogP contribution is -2.07. The maximum absolute atomic E-state index is 11.7. The first-order chi connectivity index (χ1) is 8.04. The van der Waals surface area contributed by atoms with E-state index >= 15 is 0 Å². The molecular formula is C15H18O2. The van der Waals surface area contributed by atoms with Gasteiger partial charge in [0, 0.05) is 10.9 Å². The molecule has 0 N–H and O–H groups in total. The zero-order valence-corrected chi connectivity index (χ0v) is 10.8. The monoisotopic (exact) mass is 230 g/mol. The lowest BCUT2D eigenvalue weighted by Gasteiger charge is -2.11. The van der Waals surface area contributed by atoms with Crippen molar-refractivity contribution >= 4 is 11.0 Å². The minimum absolute atomic E-state index is 0.205. The van der Waals surface area contributed by atoms with Crippen molar-refractivity contribution in [2.24, 2.45) is 0 Å². The number of rotatable bonds is 2. The number of hydrogen-bond acceptors (Lipinski definition) is 2. The molecule has 90 valence electrons. The smallest absolute Gasteiger partial charge is 0.339 e. The van der Waals surface area contributed by atoms with E-state index in [2.05, 4.69) is 19.9 Å². The van der Waals surface area contributed by atoms with Crippen molar-refractivity contribution in [2.45, 2.75) is 40.0 Å². The van der Waals surface area contributed by atoms with Crippen LogP contribution in [0.1, 0.15) is 43.4 Å². The summed E-state index contributed by atoms with van der Waals surface area (Å²) in [6, 6.07) is 6.14. The summed E-state index contributed by atoms with van der Waals surface area (Å²) in [5.74, 6) is 0.426. The van der Waals surface area contributed by atoms with Crippen molar-refractivity contribution < 1.29 is 4.42 Å². The molecule has 0 amide bonds. The van der Waals surface area contributed by atoms with Crippen LogP contribution in [0, 0.1) is 6.92 Å². The number of hydrogen-bond donors (Lipinski definition) is 0. The summed E-state index contributed by atoms with van der Waals surface area (Å²) in [6.07, 6.45) is 0.712. The fraction of sp³-hybridized carbons (Fsp3) is 0.400. The summed E-state index contributed by atoms with van der Waals surface area (Å²) in [6.45, 7) is 8.26. The quantitative estimate of drug-likeness (QED) is 0.735. The van der Waals surface area contributed by atoms with Gasteiger partial charge in [-0.25, -0.2) is 4.79 Å². The first-order valence-corrected chi connectivity index (χ1v) is 6.10. The van der Waals surface area contributed by atoms with Gasteiger partial charge < -0.3 is 4.42 Å². The molecule has 0 saturated carbocycles. The Morgan fingerprint density at radius 1 is 1.29 bits per heavy atom. The zero-order valence-electron chi connectivity index (χ0n) is 10.8. The van der Waals surface area contributed by atoms with Gasteiger partial charge in [0.2, 0.25) is 0 Å². The highest BCUT2D eigenvalue weighted by atomic mass is 16.4. The second kappa shape index (κ2) is 4.36. The van der Waals surface area contributed by atoms with Gasteiger partial charge in [0.15, 0.2) is 0 Å². The van der Waals surface area contributed by atoms with E-state index in [0.29, 0.717) is 12.3 Å². The van der Waals surface area contributed by atoms with Crippen molar-refractivity contribution in [1.29, 1.82) is 0 Å². The number of benzene rings is 1. The molecule has 2 aromatic rings. The van der Waals surface area contributed by atoms with E-state index in [9.17, 15) is 4.79 Å². The summed E-state index contributed by atoms with van der Waals surface area (Å²) in [4.78, 5) is 11.7. The Morgan fingerprint density at radius 2 is 2.00 bits per heavy atom. The molecule has 0 fully saturated rings. The first-order valence-electron chi connectivity index (χ1n) is 6.10. The third-order valence-corrected chi connectivity index (χ3v) is 3.21. The standard InChI is InChI=1S/C15H18O2/c1-5-11-8-13-12(9(2)3)7-6-10(4)14(13)17-15(11)16/h6-9H,5H2,1-4H3. The van der Waals surface area contributed by atoms with Gasteiger partial charge in [0.25, 0.3) is 0 Å². The molecule has 0 saturated heterocycles. The highest BCUT2D eigenvalue weighted by Gasteiger charge is 2.11. The van der Waals surface area contributed by atoms with Gasteiger partial charge in [0.1, 0.15) is 5.58 Å². The third-order valence-electron chi connectivity index (χ3n) is 3.21. The van der Waals surface area contributed by atoms with Gasteiger partial charge in [-0.2, -0.15) is 0 Å². The van der Waals surface area contributed by atoms with E-state index in [0.717, 1.165) is 22.1 Å². The lowest BCUT2D eigenvalue weighted by atomic mass is 9.96. The van der Waals surface area contributed by atoms with Crippen LogP contribution in [0.3, 0.4) is 0 Å². The Balaban J connectivity index is 2.88.